The quantitative estimate of drug-likeness (QED) is 0.318. The molecule has 1 heterocycles. The number of hydrogen-bond acceptors (Lipinski definition) is 5. The second kappa shape index (κ2) is 10.8. The van der Waals surface area contributed by atoms with Crippen LogP contribution in [0.3, 0.4) is 0 Å². The number of esters is 1. The molecule has 1 aliphatic heterocycles. The Labute approximate surface area is 223 Å². The predicted molar refractivity (Wildman–Crippen MR) is 138 cm³/mol. The molecule has 0 radical (unpaired) electrons. The topological polar surface area (TPSA) is 61.9 Å². The van der Waals surface area contributed by atoms with Crippen LogP contribution in [0.4, 0.5) is 23.2 Å². The maximum Gasteiger partial charge on any atom is 0.338 e. The summed E-state index contributed by atoms with van der Waals surface area (Å²) < 4.78 is 61.1. The lowest BCUT2D eigenvalue weighted by molar-refractivity contribution is 0.0599. The van der Waals surface area contributed by atoms with Crippen molar-refractivity contribution in [3.63, 3.8) is 0 Å². The van der Waals surface area contributed by atoms with Crippen LogP contribution in [0.25, 0.3) is 0 Å². The molecule has 0 bridgehead atoms. The van der Waals surface area contributed by atoms with Gasteiger partial charge in [-0.15, -0.1) is 0 Å². The SMILES string of the molecule is C=C1N(Cc2c(F)ccc(C(=O)OC)c2C)c2cc(C(=O)NCc3c(F)cc(F)cc3F)ccc2[C@H](C)N1C. The van der Waals surface area contributed by atoms with Crippen LogP contribution in [0, 0.1) is 30.2 Å². The van der Waals surface area contributed by atoms with Gasteiger partial charge in [0, 0.05) is 48.1 Å². The van der Waals surface area contributed by atoms with Crippen LogP contribution in [0.2, 0.25) is 0 Å². The van der Waals surface area contributed by atoms with Gasteiger partial charge in [-0.05, 0) is 49.2 Å². The maximum atomic E-state index is 15.0. The first kappa shape index (κ1) is 27.7. The van der Waals surface area contributed by atoms with Crippen LogP contribution in [-0.2, 0) is 17.8 Å². The van der Waals surface area contributed by atoms with Crippen LogP contribution in [-0.4, -0.2) is 30.9 Å². The molecule has 1 N–H and O–H groups in total. The van der Waals surface area contributed by atoms with Gasteiger partial charge >= 0.3 is 5.97 Å². The van der Waals surface area contributed by atoms with E-state index in [1.165, 1.54) is 19.2 Å². The molecular weight excluding hydrogens is 514 g/mol. The Morgan fingerprint density at radius 3 is 2.31 bits per heavy atom. The van der Waals surface area contributed by atoms with E-state index in [1.54, 1.807) is 30.0 Å². The molecule has 6 nitrogen and oxygen atoms in total. The summed E-state index contributed by atoms with van der Waals surface area (Å²) in [6, 6.07) is 8.44. The van der Waals surface area contributed by atoms with E-state index in [1.807, 2.05) is 18.9 Å². The summed E-state index contributed by atoms with van der Waals surface area (Å²) >= 11 is 0. The summed E-state index contributed by atoms with van der Waals surface area (Å²) in [5.41, 5.74) is 2.03. The Kier molecular flexibility index (Phi) is 7.67. The van der Waals surface area contributed by atoms with Crippen LogP contribution in [0.15, 0.2) is 54.9 Å². The molecule has 0 spiro atoms. The minimum absolute atomic E-state index is 0.00245. The van der Waals surface area contributed by atoms with Crippen molar-refractivity contribution in [3.8, 4) is 0 Å². The maximum absolute atomic E-state index is 15.0. The number of anilines is 1. The Morgan fingerprint density at radius 2 is 1.67 bits per heavy atom. The van der Waals surface area contributed by atoms with Crippen LogP contribution >= 0.6 is 0 Å². The van der Waals surface area contributed by atoms with Crippen molar-refractivity contribution < 1.29 is 31.9 Å². The number of methoxy groups -OCH3 is 1. The van der Waals surface area contributed by atoms with Crippen LogP contribution in [0.5, 0.6) is 0 Å². The van der Waals surface area contributed by atoms with Crippen molar-refractivity contribution >= 4 is 17.6 Å². The summed E-state index contributed by atoms with van der Waals surface area (Å²) in [6.07, 6.45) is 0. The fraction of sp³-hybridized carbons (Fsp3) is 0.241. The average molecular weight is 542 g/mol. The van der Waals surface area contributed by atoms with Gasteiger partial charge in [-0.1, -0.05) is 12.6 Å². The number of rotatable bonds is 6. The first-order chi connectivity index (χ1) is 18.4. The molecule has 0 saturated heterocycles. The number of fused-ring (bicyclic) bond motifs is 1. The second-order valence-corrected chi connectivity index (χ2v) is 9.28. The van der Waals surface area contributed by atoms with E-state index in [-0.39, 0.29) is 29.3 Å². The van der Waals surface area contributed by atoms with Gasteiger partial charge in [-0.25, -0.2) is 22.4 Å². The number of carbonyl (C=O) groups excluding carboxylic acids is 2. The van der Waals surface area contributed by atoms with Gasteiger partial charge in [0.15, 0.2) is 0 Å². The molecule has 0 unspecified atom stereocenters. The molecule has 204 valence electrons. The normalized spacial score (nSPS) is 14.8. The van der Waals surface area contributed by atoms with Crippen molar-refractivity contribution in [2.45, 2.75) is 33.0 Å². The lowest BCUT2D eigenvalue weighted by Gasteiger charge is -2.43. The fourth-order valence-corrected chi connectivity index (χ4v) is 4.63. The first-order valence-corrected chi connectivity index (χ1v) is 12.1. The highest BCUT2D eigenvalue weighted by atomic mass is 19.1. The Morgan fingerprint density at radius 1 is 1.00 bits per heavy atom. The molecule has 39 heavy (non-hydrogen) atoms. The number of benzene rings is 3. The highest BCUT2D eigenvalue weighted by Gasteiger charge is 2.31. The van der Waals surface area contributed by atoms with Crippen molar-refractivity contribution in [3.05, 3.63) is 112 Å². The van der Waals surface area contributed by atoms with Gasteiger partial charge in [0.2, 0.25) is 0 Å². The van der Waals surface area contributed by atoms with E-state index >= 15 is 4.39 Å². The van der Waals surface area contributed by atoms with Crippen molar-refractivity contribution in [1.29, 1.82) is 0 Å². The minimum atomic E-state index is -1.11. The zero-order valence-electron chi connectivity index (χ0n) is 21.9. The molecule has 0 aliphatic carbocycles. The summed E-state index contributed by atoms with van der Waals surface area (Å²) in [4.78, 5) is 28.8. The number of halogens is 4. The number of amides is 1. The fourth-order valence-electron chi connectivity index (χ4n) is 4.63. The molecule has 1 atom stereocenters. The smallest absolute Gasteiger partial charge is 0.338 e. The molecule has 3 aromatic carbocycles. The summed E-state index contributed by atoms with van der Waals surface area (Å²) in [5.74, 6) is -4.47. The summed E-state index contributed by atoms with van der Waals surface area (Å²) in [6.45, 7) is 7.24. The Balaban J connectivity index is 1.69. The van der Waals surface area contributed by atoms with E-state index in [2.05, 4.69) is 11.9 Å². The number of nitrogens with zero attached hydrogens (tertiary/aromatic N) is 2. The number of hydrogen-bond donors (Lipinski definition) is 1. The van der Waals surface area contributed by atoms with E-state index < -0.39 is 47.3 Å². The highest BCUT2D eigenvalue weighted by Crippen LogP contribution is 2.41. The third kappa shape index (κ3) is 5.19. The third-order valence-corrected chi connectivity index (χ3v) is 7.13. The molecule has 0 aromatic heterocycles. The lowest BCUT2D eigenvalue weighted by atomic mass is 9.96. The second-order valence-electron chi connectivity index (χ2n) is 9.28. The van der Waals surface area contributed by atoms with Crippen LogP contribution in [0.1, 0.15) is 55.9 Å². The molecule has 4 rings (SSSR count). The van der Waals surface area contributed by atoms with Crippen LogP contribution < -0.4 is 10.2 Å². The van der Waals surface area contributed by atoms with E-state index in [4.69, 9.17) is 4.74 Å². The molecule has 3 aromatic rings. The standard InChI is InChI=1S/C29H27F4N3O3/c1-15-20(29(38)39-5)8-9-24(31)23(15)14-36-17(3)35(4)16(2)21-7-6-18(10-27(21)36)28(37)34-13-22-25(32)11-19(30)12-26(22)33/h6-12,16H,3,13-14H2,1-2,4-5H3,(H,34,37)/t16-/m0/s1. The minimum Gasteiger partial charge on any atom is -0.465 e. The highest BCUT2D eigenvalue weighted by molar-refractivity contribution is 5.95. The molecular formula is C29H27F4N3O3. The van der Waals surface area contributed by atoms with Crippen molar-refractivity contribution in [2.24, 2.45) is 0 Å². The molecule has 1 aliphatic rings. The third-order valence-electron chi connectivity index (χ3n) is 7.13. The van der Waals surface area contributed by atoms with E-state index in [9.17, 15) is 22.8 Å². The van der Waals surface area contributed by atoms with Gasteiger partial charge in [-0.3, -0.25) is 4.79 Å². The molecule has 10 heteroatoms. The predicted octanol–water partition coefficient (Wildman–Crippen LogP) is 5.75. The Bertz CT molecular complexity index is 1470. The Hall–Kier alpha value is -4.34. The summed E-state index contributed by atoms with van der Waals surface area (Å²) in [5, 5.41) is 2.46. The van der Waals surface area contributed by atoms with Gasteiger partial charge in [0.05, 0.1) is 25.3 Å². The number of ether oxygens (including phenoxy) is 1. The molecule has 0 fully saturated rings. The van der Waals surface area contributed by atoms with Gasteiger partial charge < -0.3 is 19.9 Å². The molecule has 1 amide bonds. The number of nitrogens with one attached hydrogen (secondary N) is 1. The van der Waals surface area contributed by atoms with Gasteiger partial charge in [-0.2, -0.15) is 0 Å². The lowest BCUT2D eigenvalue weighted by Crippen LogP contribution is -2.39. The van der Waals surface area contributed by atoms with E-state index in [0.29, 0.717) is 29.2 Å². The summed E-state index contributed by atoms with van der Waals surface area (Å²) in [7, 11) is 3.08. The van der Waals surface area contributed by atoms with E-state index in [0.717, 1.165) is 5.56 Å². The monoisotopic (exact) mass is 541 g/mol. The number of carbonyl (C=O) groups is 2. The van der Waals surface area contributed by atoms with Crippen molar-refractivity contribution in [2.75, 3.05) is 19.1 Å². The zero-order chi connectivity index (χ0) is 28.6. The van der Waals surface area contributed by atoms with Crippen molar-refractivity contribution in [1.82, 2.24) is 10.2 Å². The molecule has 0 saturated carbocycles. The van der Waals surface area contributed by atoms with Gasteiger partial charge in [0.25, 0.3) is 5.91 Å². The average Bonchev–Trinajstić information content (AvgIpc) is 2.90. The van der Waals surface area contributed by atoms with Gasteiger partial charge in [0.1, 0.15) is 29.1 Å². The zero-order valence-corrected chi connectivity index (χ0v) is 21.9. The first-order valence-electron chi connectivity index (χ1n) is 12.1. The largest absolute Gasteiger partial charge is 0.465 e.